The second kappa shape index (κ2) is 6.56. The van der Waals surface area contributed by atoms with E-state index in [4.69, 9.17) is 11.6 Å². The zero-order valence-electron chi connectivity index (χ0n) is 13.4. The first-order valence-corrected chi connectivity index (χ1v) is 8.42. The minimum Gasteiger partial charge on any atom is -0.329 e. The van der Waals surface area contributed by atoms with Crippen molar-refractivity contribution in [1.29, 1.82) is 0 Å². The van der Waals surface area contributed by atoms with Gasteiger partial charge in [0.05, 0.1) is 5.56 Å². The van der Waals surface area contributed by atoms with Crippen molar-refractivity contribution in [2.24, 2.45) is 11.8 Å². The number of rotatable bonds is 3. The Morgan fingerprint density at radius 1 is 1.21 bits per heavy atom. The fourth-order valence-corrected chi connectivity index (χ4v) is 4.13. The van der Waals surface area contributed by atoms with E-state index in [0.29, 0.717) is 24.4 Å². The van der Waals surface area contributed by atoms with Crippen molar-refractivity contribution in [2.75, 3.05) is 20.1 Å². The van der Waals surface area contributed by atoms with Gasteiger partial charge in [0.25, 0.3) is 0 Å². The molecule has 3 rings (SSSR count). The number of hydrogen-bond donors (Lipinski definition) is 0. The summed E-state index contributed by atoms with van der Waals surface area (Å²) in [5.41, 5.74) is 0.259. The SMILES string of the molecule is CN(Cc1ccc(C(F)(F)F)cc1)C1C[C@@H]2CN(C(=O)Cl)C[C@@H]2C1. The molecule has 1 saturated heterocycles. The Hall–Kier alpha value is -1.27. The van der Waals surface area contributed by atoms with Crippen LogP contribution in [0.25, 0.3) is 0 Å². The Labute approximate surface area is 144 Å². The molecule has 0 spiro atoms. The van der Waals surface area contributed by atoms with E-state index >= 15 is 0 Å². The number of halogens is 4. The first-order chi connectivity index (χ1) is 11.2. The van der Waals surface area contributed by atoms with E-state index < -0.39 is 11.7 Å². The maximum atomic E-state index is 12.6. The van der Waals surface area contributed by atoms with E-state index in [0.717, 1.165) is 43.6 Å². The van der Waals surface area contributed by atoms with Crippen LogP contribution in [-0.2, 0) is 12.7 Å². The zero-order valence-corrected chi connectivity index (χ0v) is 14.1. The Bertz CT molecular complexity index is 591. The van der Waals surface area contributed by atoms with Crippen molar-refractivity contribution in [3.63, 3.8) is 0 Å². The highest BCUT2D eigenvalue weighted by Crippen LogP contribution is 2.40. The molecule has 1 aliphatic carbocycles. The third-order valence-corrected chi connectivity index (χ3v) is 5.55. The molecule has 1 aromatic rings. The van der Waals surface area contributed by atoms with E-state index in [9.17, 15) is 18.0 Å². The Morgan fingerprint density at radius 3 is 2.21 bits per heavy atom. The van der Waals surface area contributed by atoms with Crippen molar-refractivity contribution in [2.45, 2.75) is 31.6 Å². The number of likely N-dealkylation sites (tertiary alicyclic amines) is 1. The van der Waals surface area contributed by atoms with Crippen LogP contribution in [0.15, 0.2) is 24.3 Å². The number of alkyl halides is 3. The monoisotopic (exact) mass is 360 g/mol. The lowest BCUT2D eigenvalue weighted by Crippen LogP contribution is -2.32. The Morgan fingerprint density at radius 2 is 1.75 bits per heavy atom. The number of carbonyl (C=O) groups excluding carboxylic acids is 1. The first-order valence-electron chi connectivity index (χ1n) is 8.05. The highest BCUT2D eigenvalue weighted by Gasteiger charge is 2.43. The quantitative estimate of drug-likeness (QED) is 0.595. The summed E-state index contributed by atoms with van der Waals surface area (Å²) in [4.78, 5) is 15.1. The molecule has 1 aliphatic heterocycles. The van der Waals surface area contributed by atoms with Gasteiger partial charge in [-0.05, 0) is 61.0 Å². The minimum absolute atomic E-state index is 0.376. The third kappa shape index (κ3) is 3.70. The number of hydrogen-bond acceptors (Lipinski definition) is 2. The van der Waals surface area contributed by atoms with Gasteiger partial charge in [-0.15, -0.1) is 0 Å². The van der Waals surface area contributed by atoms with Crippen LogP contribution >= 0.6 is 11.6 Å². The number of fused-ring (bicyclic) bond motifs is 1. The number of carbonyl (C=O) groups is 1. The van der Waals surface area contributed by atoms with Crippen LogP contribution < -0.4 is 0 Å². The molecule has 24 heavy (non-hydrogen) atoms. The van der Waals surface area contributed by atoms with Crippen molar-refractivity contribution in [3.8, 4) is 0 Å². The van der Waals surface area contributed by atoms with Crippen molar-refractivity contribution in [3.05, 3.63) is 35.4 Å². The van der Waals surface area contributed by atoms with Crippen LogP contribution in [0, 0.1) is 11.8 Å². The molecule has 1 saturated carbocycles. The molecule has 0 aromatic heterocycles. The fraction of sp³-hybridized carbons (Fsp3) is 0.588. The molecule has 2 fully saturated rings. The van der Waals surface area contributed by atoms with Crippen molar-refractivity contribution < 1.29 is 18.0 Å². The van der Waals surface area contributed by atoms with Crippen molar-refractivity contribution in [1.82, 2.24) is 9.80 Å². The van der Waals surface area contributed by atoms with Gasteiger partial charge in [-0.1, -0.05) is 12.1 Å². The fourth-order valence-electron chi connectivity index (χ4n) is 3.99. The molecule has 0 bridgehead atoms. The van der Waals surface area contributed by atoms with Gasteiger partial charge in [0.15, 0.2) is 0 Å². The van der Waals surface area contributed by atoms with Gasteiger partial charge in [-0.25, -0.2) is 0 Å². The summed E-state index contributed by atoms with van der Waals surface area (Å²) in [6.45, 7) is 2.07. The van der Waals surface area contributed by atoms with Crippen LogP contribution in [-0.4, -0.2) is 41.3 Å². The van der Waals surface area contributed by atoms with Gasteiger partial charge in [0.2, 0.25) is 0 Å². The molecule has 0 N–H and O–H groups in total. The summed E-state index contributed by atoms with van der Waals surface area (Å²) in [5, 5.41) is -0.376. The van der Waals surface area contributed by atoms with Crippen LogP contribution in [0.3, 0.4) is 0 Å². The molecular formula is C17H20ClF3N2O. The lowest BCUT2D eigenvalue weighted by atomic mass is 10.0. The second-order valence-corrected chi connectivity index (χ2v) is 7.24. The number of amides is 1. The van der Waals surface area contributed by atoms with Crippen LogP contribution in [0.4, 0.5) is 18.0 Å². The number of benzene rings is 1. The van der Waals surface area contributed by atoms with Crippen LogP contribution in [0.5, 0.6) is 0 Å². The van der Waals surface area contributed by atoms with Gasteiger partial charge in [-0.2, -0.15) is 13.2 Å². The van der Waals surface area contributed by atoms with Crippen molar-refractivity contribution >= 4 is 17.0 Å². The lowest BCUT2D eigenvalue weighted by molar-refractivity contribution is -0.137. The smallest absolute Gasteiger partial charge is 0.329 e. The maximum absolute atomic E-state index is 12.6. The van der Waals surface area contributed by atoms with E-state index in [2.05, 4.69) is 4.90 Å². The molecule has 1 aromatic carbocycles. The van der Waals surface area contributed by atoms with Gasteiger partial charge in [0.1, 0.15) is 0 Å². The zero-order chi connectivity index (χ0) is 17.5. The molecule has 1 unspecified atom stereocenters. The predicted molar refractivity (Wildman–Crippen MR) is 85.7 cm³/mol. The summed E-state index contributed by atoms with van der Waals surface area (Å²) in [5.74, 6) is 0.959. The van der Waals surface area contributed by atoms with Gasteiger partial charge in [-0.3, -0.25) is 9.69 Å². The lowest BCUT2D eigenvalue weighted by Gasteiger charge is -2.26. The van der Waals surface area contributed by atoms with Crippen LogP contribution in [0.2, 0.25) is 0 Å². The summed E-state index contributed by atoms with van der Waals surface area (Å²) in [6, 6.07) is 5.76. The molecule has 3 nitrogen and oxygen atoms in total. The molecule has 1 amide bonds. The van der Waals surface area contributed by atoms with Crippen LogP contribution in [0.1, 0.15) is 24.0 Å². The molecule has 1 heterocycles. The maximum Gasteiger partial charge on any atom is 0.416 e. The average Bonchev–Trinajstić information content (AvgIpc) is 3.05. The highest BCUT2D eigenvalue weighted by molar-refractivity contribution is 6.62. The summed E-state index contributed by atoms with van der Waals surface area (Å²) < 4.78 is 37.8. The van der Waals surface area contributed by atoms with Gasteiger partial charge in [0, 0.05) is 25.7 Å². The molecule has 132 valence electrons. The molecular weight excluding hydrogens is 341 g/mol. The predicted octanol–water partition coefficient (Wildman–Crippen LogP) is 4.21. The topological polar surface area (TPSA) is 23.6 Å². The molecule has 3 atom stereocenters. The first kappa shape index (κ1) is 17.5. The van der Waals surface area contributed by atoms with E-state index in [1.54, 1.807) is 17.0 Å². The normalized spacial score (nSPS) is 26.9. The highest BCUT2D eigenvalue weighted by atomic mass is 35.5. The molecule has 7 heteroatoms. The summed E-state index contributed by atoms with van der Waals surface area (Å²) in [6.07, 6.45) is -2.29. The van der Waals surface area contributed by atoms with Gasteiger partial charge >= 0.3 is 11.5 Å². The molecule has 0 radical (unpaired) electrons. The second-order valence-electron chi connectivity index (χ2n) is 6.91. The third-order valence-electron chi connectivity index (χ3n) is 5.31. The average molecular weight is 361 g/mol. The van der Waals surface area contributed by atoms with E-state index in [1.807, 2.05) is 7.05 Å². The summed E-state index contributed by atoms with van der Waals surface area (Å²) >= 11 is 5.54. The molecule has 2 aliphatic rings. The number of nitrogens with zero attached hydrogens (tertiary/aromatic N) is 2. The van der Waals surface area contributed by atoms with Gasteiger partial charge < -0.3 is 4.90 Å². The largest absolute Gasteiger partial charge is 0.416 e. The Kier molecular flexibility index (Phi) is 4.80. The summed E-state index contributed by atoms with van der Waals surface area (Å²) in [7, 11) is 2.01. The minimum atomic E-state index is -4.29. The van der Waals surface area contributed by atoms with E-state index in [-0.39, 0.29) is 5.37 Å². The Balaban J connectivity index is 1.55. The standard InChI is InChI=1S/C17H20ClF3N2O/c1-22(8-11-2-4-14(5-3-11)17(19,20)21)15-6-12-9-23(16(18)24)10-13(12)7-15/h2-5,12-13,15H,6-10H2,1H3/t12-,13+,15?. The van der Waals surface area contributed by atoms with E-state index in [1.165, 1.54) is 0 Å².